The van der Waals surface area contributed by atoms with Crippen LogP contribution < -0.4 is 14.4 Å². The number of ketones is 1. The molecule has 0 bridgehead atoms. The minimum atomic E-state index is -1.00. The van der Waals surface area contributed by atoms with Crippen LogP contribution >= 0.6 is 34.7 Å². The number of thioether (sulfide) groups is 1. The summed E-state index contributed by atoms with van der Waals surface area (Å²) in [5.74, 6) is -0.305. The third-order valence-corrected chi connectivity index (χ3v) is 9.80. The van der Waals surface area contributed by atoms with Crippen LogP contribution in [0.4, 0.5) is 5.13 Å². The summed E-state index contributed by atoms with van der Waals surface area (Å²) in [6.07, 6.45) is 0.812. The third-order valence-electron chi connectivity index (χ3n) is 7.44. The number of carbonyl (C=O) groups excluding carboxylic acids is 2. The Bertz CT molecular complexity index is 1940. The molecular weight excluding hydrogens is 642 g/mol. The maximum Gasteiger partial charge on any atom is 0.301 e. The van der Waals surface area contributed by atoms with Crippen molar-refractivity contribution < 1.29 is 24.2 Å². The largest absolute Gasteiger partial charge is 0.507 e. The van der Waals surface area contributed by atoms with E-state index in [-0.39, 0.29) is 16.5 Å². The highest BCUT2D eigenvalue weighted by Crippen LogP contribution is 2.46. The number of amides is 1. The number of halogens is 1. The first kappa shape index (κ1) is 31.6. The second-order valence-electron chi connectivity index (χ2n) is 10.4. The fourth-order valence-electron chi connectivity index (χ4n) is 5.32. The van der Waals surface area contributed by atoms with Gasteiger partial charge in [0.05, 0.1) is 24.8 Å². The first-order valence-electron chi connectivity index (χ1n) is 14.8. The number of aromatic nitrogens is 2. The van der Waals surface area contributed by atoms with Crippen LogP contribution in [0, 0.1) is 0 Å². The van der Waals surface area contributed by atoms with Crippen LogP contribution in [0.15, 0.2) is 94.8 Å². The third kappa shape index (κ3) is 6.33. The molecule has 46 heavy (non-hydrogen) atoms. The van der Waals surface area contributed by atoms with Crippen molar-refractivity contribution in [2.45, 2.75) is 36.4 Å². The predicted octanol–water partition coefficient (Wildman–Crippen LogP) is 8.45. The molecular formula is C35H30ClN3O5S2. The van der Waals surface area contributed by atoms with E-state index in [1.54, 1.807) is 42.5 Å². The molecule has 0 saturated carbocycles. The first-order valence-corrected chi connectivity index (χ1v) is 17.0. The highest BCUT2D eigenvalue weighted by molar-refractivity contribution is 8.00. The molecule has 4 aromatic carbocycles. The van der Waals surface area contributed by atoms with Crippen LogP contribution in [0.25, 0.3) is 16.5 Å². The number of carbonyl (C=O) groups is 2. The number of Topliss-reactive ketones (excluding diaryl/α,β-unsaturated/α-hetero) is 1. The van der Waals surface area contributed by atoms with Crippen molar-refractivity contribution in [3.63, 3.8) is 0 Å². The normalized spacial score (nSPS) is 15.9. The molecule has 0 aliphatic carbocycles. The smallest absolute Gasteiger partial charge is 0.301 e. The predicted molar refractivity (Wildman–Crippen MR) is 183 cm³/mol. The lowest BCUT2D eigenvalue weighted by Gasteiger charge is -2.23. The molecule has 11 heteroatoms. The number of benzene rings is 4. The van der Waals surface area contributed by atoms with Crippen molar-refractivity contribution in [2.75, 3.05) is 18.1 Å². The summed E-state index contributed by atoms with van der Waals surface area (Å²) < 4.78 is 12.4. The van der Waals surface area contributed by atoms with Gasteiger partial charge >= 0.3 is 5.91 Å². The molecule has 1 fully saturated rings. The zero-order valence-electron chi connectivity index (χ0n) is 25.1. The van der Waals surface area contributed by atoms with Crippen LogP contribution in [0.3, 0.4) is 0 Å². The molecule has 0 spiro atoms. The summed E-state index contributed by atoms with van der Waals surface area (Å²) in [7, 11) is 0. The lowest BCUT2D eigenvalue weighted by Crippen LogP contribution is -2.29. The maximum absolute atomic E-state index is 13.7. The Morgan fingerprint density at radius 3 is 2.52 bits per heavy atom. The molecule has 1 N–H and O–H groups in total. The van der Waals surface area contributed by atoms with E-state index in [1.807, 2.05) is 32.0 Å². The lowest BCUT2D eigenvalue weighted by molar-refractivity contribution is -0.132. The zero-order chi connectivity index (χ0) is 32.2. The fraction of sp³-hybridized carbons (Fsp3) is 0.200. The minimum Gasteiger partial charge on any atom is -0.507 e. The standard InChI is InChI=1S/C35H30ClN3O5S2/c1-3-18-44-27-17-14-23(19-28(27)43-4-2)30-29(31(40)22-12-15-25(36)16-13-22)32(41)33(42)39(30)34-37-38-35(46-34)45-20-24-10-7-9-21-8-5-6-11-26(21)24/h5-17,19,30,40H,3-4,18,20H2,1-2H3/b31-29+. The number of hydrogen-bond acceptors (Lipinski definition) is 9. The van der Waals surface area contributed by atoms with Gasteiger partial charge in [0, 0.05) is 16.3 Å². The highest BCUT2D eigenvalue weighted by atomic mass is 35.5. The number of anilines is 1. The summed E-state index contributed by atoms with van der Waals surface area (Å²) >= 11 is 8.80. The van der Waals surface area contributed by atoms with Crippen molar-refractivity contribution in [1.82, 2.24) is 10.2 Å². The van der Waals surface area contributed by atoms with Gasteiger partial charge in [-0.25, -0.2) is 0 Å². The van der Waals surface area contributed by atoms with E-state index in [0.29, 0.717) is 51.0 Å². The monoisotopic (exact) mass is 671 g/mol. The second kappa shape index (κ2) is 13.9. The van der Waals surface area contributed by atoms with Gasteiger partial charge in [0.2, 0.25) is 5.13 Å². The van der Waals surface area contributed by atoms with E-state index >= 15 is 0 Å². The average molecular weight is 672 g/mol. The molecule has 5 aromatic rings. The molecule has 1 aromatic heterocycles. The van der Waals surface area contributed by atoms with Crippen LogP contribution in [0.1, 0.15) is 43.0 Å². The molecule has 1 aliphatic heterocycles. The molecule has 2 heterocycles. The Balaban J connectivity index is 1.40. The number of nitrogens with zero attached hydrogens (tertiary/aromatic N) is 3. The molecule has 1 atom stereocenters. The van der Waals surface area contributed by atoms with Gasteiger partial charge in [0.15, 0.2) is 15.8 Å². The number of rotatable bonds is 11. The molecule has 1 saturated heterocycles. The molecule has 234 valence electrons. The highest BCUT2D eigenvalue weighted by Gasteiger charge is 2.48. The minimum absolute atomic E-state index is 0.0721. The summed E-state index contributed by atoms with van der Waals surface area (Å²) in [6, 6.07) is 25.1. The van der Waals surface area contributed by atoms with Gasteiger partial charge in [0.1, 0.15) is 5.76 Å². The van der Waals surface area contributed by atoms with Crippen molar-refractivity contribution in [2.24, 2.45) is 0 Å². The van der Waals surface area contributed by atoms with E-state index in [0.717, 1.165) is 22.8 Å². The van der Waals surface area contributed by atoms with Crippen LogP contribution in [0.5, 0.6) is 11.5 Å². The Morgan fingerprint density at radius 1 is 0.957 bits per heavy atom. The van der Waals surface area contributed by atoms with Crippen molar-refractivity contribution in [3.05, 3.63) is 112 Å². The average Bonchev–Trinajstić information content (AvgIpc) is 3.64. The van der Waals surface area contributed by atoms with E-state index in [4.69, 9.17) is 21.1 Å². The number of ether oxygens (including phenoxy) is 2. The van der Waals surface area contributed by atoms with Gasteiger partial charge < -0.3 is 14.6 Å². The van der Waals surface area contributed by atoms with Crippen LogP contribution in [-0.4, -0.2) is 40.2 Å². The van der Waals surface area contributed by atoms with Gasteiger partial charge in [0.25, 0.3) is 5.78 Å². The van der Waals surface area contributed by atoms with Gasteiger partial charge in [-0.3, -0.25) is 14.5 Å². The Hall–Kier alpha value is -4.38. The van der Waals surface area contributed by atoms with Crippen molar-refractivity contribution >= 4 is 68.1 Å². The molecule has 0 radical (unpaired) electrons. The van der Waals surface area contributed by atoms with Gasteiger partial charge in [-0.05, 0) is 71.6 Å². The maximum atomic E-state index is 13.7. The topological polar surface area (TPSA) is 102 Å². The Morgan fingerprint density at radius 2 is 1.74 bits per heavy atom. The van der Waals surface area contributed by atoms with Crippen LogP contribution in [-0.2, 0) is 15.3 Å². The number of aliphatic hydroxyl groups is 1. The van der Waals surface area contributed by atoms with Gasteiger partial charge in [-0.1, -0.05) is 90.2 Å². The Kier molecular flexibility index (Phi) is 9.58. The summed E-state index contributed by atoms with van der Waals surface area (Å²) in [5.41, 5.74) is 1.97. The molecule has 1 aliphatic rings. The van der Waals surface area contributed by atoms with Crippen molar-refractivity contribution in [1.29, 1.82) is 0 Å². The van der Waals surface area contributed by atoms with Crippen LogP contribution in [0.2, 0.25) is 5.02 Å². The van der Waals surface area contributed by atoms with Gasteiger partial charge in [-0.2, -0.15) is 0 Å². The summed E-state index contributed by atoms with van der Waals surface area (Å²) in [4.78, 5) is 28.7. The quantitative estimate of drug-likeness (QED) is 0.0491. The lowest BCUT2D eigenvalue weighted by atomic mass is 9.95. The van der Waals surface area contributed by atoms with E-state index < -0.39 is 17.7 Å². The van der Waals surface area contributed by atoms with E-state index in [1.165, 1.54) is 28.0 Å². The van der Waals surface area contributed by atoms with E-state index in [2.05, 4.69) is 34.5 Å². The molecule has 8 nitrogen and oxygen atoms in total. The molecule has 1 unspecified atom stereocenters. The summed E-state index contributed by atoms with van der Waals surface area (Å²) in [5, 5.41) is 23.2. The van der Waals surface area contributed by atoms with Gasteiger partial charge in [-0.15, -0.1) is 10.2 Å². The SMILES string of the molecule is CCCOc1ccc(C2/C(=C(\O)c3ccc(Cl)cc3)C(=O)C(=O)N2c2nnc(SCc3cccc4ccccc34)s2)cc1OCC. The van der Waals surface area contributed by atoms with Crippen molar-refractivity contribution in [3.8, 4) is 11.5 Å². The second-order valence-corrected chi connectivity index (χ2v) is 13.1. The summed E-state index contributed by atoms with van der Waals surface area (Å²) in [6.45, 7) is 4.75. The first-order chi connectivity index (χ1) is 22.4. The molecule has 6 rings (SSSR count). The van der Waals surface area contributed by atoms with E-state index in [9.17, 15) is 14.7 Å². The number of fused-ring (bicyclic) bond motifs is 1. The molecule has 1 amide bonds. The Labute approximate surface area is 279 Å². The number of aliphatic hydroxyl groups excluding tert-OH is 1. The fourth-order valence-corrected chi connectivity index (χ4v) is 7.32. The zero-order valence-corrected chi connectivity index (χ0v) is 27.5. The number of hydrogen-bond donors (Lipinski definition) is 1.